The van der Waals surface area contributed by atoms with Gasteiger partial charge in [0.25, 0.3) is 17.4 Å². The molecule has 0 aromatic carbocycles. The topological polar surface area (TPSA) is 110 Å². The van der Waals surface area contributed by atoms with Crippen LogP contribution in [-0.2, 0) is 11.3 Å². The summed E-state index contributed by atoms with van der Waals surface area (Å²) in [7, 11) is 0. The van der Waals surface area contributed by atoms with Gasteiger partial charge in [0.2, 0.25) is 0 Å². The normalized spacial score (nSPS) is 10.8. The van der Waals surface area contributed by atoms with Crippen LogP contribution in [0.4, 0.5) is 0 Å². The summed E-state index contributed by atoms with van der Waals surface area (Å²) in [6.45, 7) is 3.61. The average Bonchev–Trinajstić information content (AvgIpc) is 3.12. The number of amides is 2. The van der Waals surface area contributed by atoms with Crippen LogP contribution < -0.4 is 16.4 Å². The smallest absolute Gasteiger partial charge is 0.271 e. The van der Waals surface area contributed by atoms with Crippen LogP contribution in [0.3, 0.4) is 0 Å². The number of thiazole rings is 1. The SMILES string of the molecule is Cc1cc(C)n(CC(=O)NNC(=O)c2cnc3sccn3c2=O)n1. The van der Waals surface area contributed by atoms with E-state index in [1.165, 1.54) is 32.8 Å². The van der Waals surface area contributed by atoms with Crippen molar-refractivity contribution in [1.82, 2.24) is 30.0 Å². The molecule has 3 rings (SSSR count). The molecule has 2 amide bonds. The fourth-order valence-electron chi connectivity index (χ4n) is 2.18. The van der Waals surface area contributed by atoms with Crippen molar-refractivity contribution in [2.75, 3.05) is 0 Å². The van der Waals surface area contributed by atoms with E-state index in [1.807, 2.05) is 19.9 Å². The molecule has 0 saturated carbocycles. The fourth-order valence-corrected chi connectivity index (χ4v) is 2.86. The zero-order valence-electron chi connectivity index (χ0n) is 12.9. The van der Waals surface area contributed by atoms with Crippen LogP contribution in [-0.4, -0.2) is 31.0 Å². The Bertz CT molecular complexity index is 986. The molecule has 10 heteroatoms. The van der Waals surface area contributed by atoms with Crippen molar-refractivity contribution in [2.24, 2.45) is 0 Å². The molecule has 0 radical (unpaired) electrons. The molecule has 0 fully saturated rings. The zero-order valence-corrected chi connectivity index (χ0v) is 13.8. The van der Waals surface area contributed by atoms with E-state index in [9.17, 15) is 14.4 Å². The maximum Gasteiger partial charge on any atom is 0.276 e. The van der Waals surface area contributed by atoms with Gasteiger partial charge < -0.3 is 0 Å². The third-order valence-corrected chi connectivity index (χ3v) is 4.07. The minimum Gasteiger partial charge on any atom is -0.271 e. The van der Waals surface area contributed by atoms with Crippen LogP contribution in [0.15, 0.2) is 28.6 Å². The van der Waals surface area contributed by atoms with Crippen molar-refractivity contribution in [3.63, 3.8) is 0 Å². The molecule has 3 aromatic rings. The standard InChI is InChI=1S/C14H14N6O3S/c1-8-5-9(2)20(18-8)7-11(21)16-17-12(22)10-6-15-14-19(13(10)23)3-4-24-14/h3-6H,7H2,1-2H3,(H,16,21)(H,17,22). The molecule has 0 aliphatic heterocycles. The van der Waals surface area contributed by atoms with Crippen LogP contribution in [0.1, 0.15) is 21.7 Å². The predicted molar refractivity (Wildman–Crippen MR) is 86.6 cm³/mol. The molecule has 0 unspecified atom stereocenters. The van der Waals surface area contributed by atoms with Gasteiger partial charge in [-0.2, -0.15) is 5.10 Å². The number of hydrogen-bond donors (Lipinski definition) is 2. The molecule has 24 heavy (non-hydrogen) atoms. The van der Waals surface area contributed by atoms with Gasteiger partial charge in [-0.15, -0.1) is 11.3 Å². The first-order valence-corrected chi connectivity index (χ1v) is 7.89. The Morgan fingerprint density at radius 2 is 2.08 bits per heavy atom. The molecule has 0 saturated heterocycles. The first-order chi connectivity index (χ1) is 11.5. The van der Waals surface area contributed by atoms with E-state index in [-0.39, 0.29) is 12.1 Å². The van der Waals surface area contributed by atoms with E-state index in [1.54, 1.807) is 5.38 Å². The quantitative estimate of drug-likeness (QED) is 0.650. The Labute approximate surface area is 139 Å². The number of carbonyl (C=O) groups excluding carboxylic acids is 2. The van der Waals surface area contributed by atoms with E-state index in [0.29, 0.717) is 4.96 Å². The first-order valence-electron chi connectivity index (χ1n) is 7.01. The molecule has 0 aliphatic carbocycles. The molecule has 0 atom stereocenters. The molecule has 0 spiro atoms. The highest BCUT2D eigenvalue weighted by Gasteiger charge is 2.15. The Balaban J connectivity index is 1.66. The number of fused-ring (bicyclic) bond motifs is 1. The number of aromatic nitrogens is 4. The van der Waals surface area contributed by atoms with Gasteiger partial charge in [-0.05, 0) is 19.9 Å². The number of hydrazine groups is 1. The fraction of sp³-hybridized carbons (Fsp3) is 0.214. The molecular weight excluding hydrogens is 332 g/mol. The highest BCUT2D eigenvalue weighted by molar-refractivity contribution is 7.15. The molecular formula is C14H14N6O3S. The maximum absolute atomic E-state index is 12.2. The summed E-state index contributed by atoms with van der Waals surface area (Å²) in [5.41, 5.74) is 5.46. The average molecular weight is 346 g/mol. The molecule has 2 N–H and O–H groups in total. The van der Waals surface area contributed by atoms with Crippen molar-refractivity contribution < 1.29 is 9.59 Å². The van der Waals surface area contributed by atoms with Gasteiger partial charge in [-0.1, -0.05) is 0 Å². The van der Waals surface area contributed by atoms with Gasteiger partial charge in [0.15, 0.2) is 4.96 Å². The summed E-state index contributed by atoms with van der Waals surface area (Å²) in [6.07, 6.45) is 2.73. The number of rotatable bonds is 3. The van der Waals surface area contributed by atoms with E-state index in [2.05, 4.69) is 20.9 Å². The Hall–Kier alpha value is -3.01. The lowest BCUT2D eigenvalue weighted by molar-refractivity contribution is -0.122. The van der Waals surface area contributed by atoms with Crippen molar-refractivity contribution in [1.29, 1.82) is 0 Å². The van der Waals surface area contributed by atoms with Crippen molar-refractivity contribution in [3.8, 4) is 0 Å². The van der Waals surface area contributed by atoms with Crippen LogP contribution in [0.2, 0.25) is 0 Å². The van der Waals surface area contributed by atoms with Gasteiger partial charge in [0, 0.05) is 23.5 Å². The van der Waals surface area contributed by atoms with Crippen LogP contribution >= 0.6 is 11.3 Å². The van der Waals surface area contributed by atoms with E-state index >= 15 is 0 Å². The van der Waals surface area contributed by atoms with Crippen molar-refractivity contribution >= 4 is 28.1 Å². The summed E-state index contributed by atoms with van der Waals surface area (Å²) < 4.78 is 2.79. The van der Waals surface area contributed by atoms with E-state index in [0.717, 1.165) is 11.4 Å². The summed E-state index contributed by atoms with van der Waals surface area (Å²) in [5.74, 6) is -1.19. The summed E-state index contributed by atoms with van der Waals surface area (Å²) in [4.78, 5) is 40.6. The lowest BCUT2D eigenvalue weighted by Crippen LogP contribution is -2.45. The highest BCUT2D eigenvalue weighted by Crippen LogP contribution is 2.05. The first kappa shape index (κ1) is 15.9. The Morgan fingerprint density at radius 3 is 2.79 bits per heavy atom. The van der Waals surface area contributed by atoms with E-state index in [4.69, 9.17) is 0 Å². The van der Waals surface area contributed by atoms with Crippen molar-refractivity contribution in [2.45, 2.75) is 20.4 Å². The molecule has 9 nitrogen and oxygen atoms in total. The number of hydrogen-bond acceptors (Lipinski definition) is 6. The van der Waals surface area contributed by atoms with Crippen LogP contribution in [0.25, 0.3) is 4.96 Å². The van der Waals surface area contributed by atoms with Gasteiger partial charge in [-0.3, -0.25) is 34.3 Å². The second-order valence-electron chi connectivity index (χ2n) is 5.12. The predicted octanol–water partition coefficient (Wildman–Crippen LogP) is 0.0305. The largest absolute Gasteiger partial charge is 0.276 e. The second kappa shape index (κ2) is 6.24. The molecule has 0 bridgehead atoms. The number of carbonyl (C=O) groups is 2. The van der Waals surface area contributed by atoms with Crippen LogP contribution in [0.5, 0.6) is 0 Å². The molecule has 3 aromatic heterocycles. The Kier molecular flexibility index (Phi) is 4.13. The lowest BCUT2D eigenvalue weighted by Gasteiger charge is -2.08. The van der Waals surface area contributed by atoms with Gasteiger partial charge >= 0.3 is 0 Å². The maximum atomic E-state index is 12.2. The number of nitrogens with zero attached hydrogens (tertiary/aromatic N) is 4. The van der Waals surface area contributed by atoms with Gasteiger partial charge in [-0.25, -0.2) is 4.98 Å². The molecule has 124 valence electrons. The zero-order chi connectivity index (χ0) is 17.3. The van der Waals surface area contributed by atoms with Gasteiger partial charge in [0.05, 0.1) is 5.69 Å². The molecule has 3 heterocycles. The third kappa shape index (κ3) is 3.04. The van der Waals surface area contributed by atoms with Crippen LogP contribution in [0, 0.1) is 13.8 Å². The van der Waals surface area contributed by atoms with Crippen molar-refractivity contribution in [3.05, 3.63) is 51.1 Å². The Morgan fingerprint density at radius 1 is 1.29 bits per heavy atom. The van der Waals surface area contributed by atoms with Gasteiger partial charge in [0.1, 0.15) is 12.1 Å². The summed E-state index contributed by atoms with van der Waals surface area (Å²) in [5, 5.41) is 5.85. The second-order valence-corrected chi connectivity index (χ2v) is 5.99. The number of aryl methyl sites for hydroxylation is 2. The highest BCUT2D eigenvalue weighted by atomic mass is 32.1. The monoisotopic (exact) mass is 346 g/mol. The van der Waals surface area contributed by atoms with E-state index < -0.39 is 17.4 Å². The minimum absolute atomic E-state index is 0.0409. The minimum atomic E-state index is -0.727. The number of nitrogens with one attached hydrogen (secondary N) is 2. The third-order valence-electron chi connectivity index (χ3n) is 3.30. The lowest BCUT2D eigenvalue weighted by atomic mass is 10.3. The summed E-state index contributed by atoms with van der Waals surface area (Å²) >= 11 is 1.29. The molecule has 0 aliphatic rings. The summed E-state index contributed by atoms with van der Waals surface area (Å²) in [6, 6.07) is 1.84.